The highest BCUT2D eigenvalue weighted by Gasteiger charge is 2.29. The van der Waals surface area contributed by atoms with Crippen LogP contribution in [0.4, 0.5) is 0 Å². The summed E-state index contributed by atoms with van der Waals surface area (Å²) in [6, 6.07) is 2.98. The number of sulfonamides is 1. The molecule has 0 unspecified atom stereocenters. The normalized spacial score (nSPS) is 17.8. The van der Waals surface area contributed by atoms with Gasteiger partial charge in [-0.2, -0.15) is 0 Å². The van der Waals surface area contributed by atoms with Gasteiger partial charge in [0.15, 0.2) is 0 Å². The fourth-order valence-electron chi connectivity index (χ4n) is 2.59. The van der Waals surface area contributed by atoms with Crippen molar-refractivity contribution < 1.29 is 17.6 Å². The molecule has 2 heterocycles. The minimum absolute atomic E-state index is 0.0771. The van der Waals surface area contributed by atoms with Gasteiger partial charge in [0.2, 0.25) is 10.0 Å². The SMILES string of the molecule is Cc1cc(OC2CCN(S(=O)(=O)CC(C)C)CC2)cc(=O)o1. The summed E-state index contributed by atoms with van der Waals surface area (Å²) in [6.45, 7) is 6.41. The zero-order valence-corrected chi connectivity index (χ0v) is 14.1. The number of hydrogen-bond acceptors (Lipinski definition) is 5. The van der Waals surface area contributed by atoms with E-state index < -0.39 is 15.6 Å². The molecule has 0 aromatic carbocycles. The van der Waals surface area contributed by atoms with E-state index in [1.165, 1.54) is 10.4 Å². The highest BCUT2D eigenvalue weighted by molar-refractivity contribution is 7.89. The Morgan fingerprint density at radius 2 is 1.95 bits per heavy atom. The zero-order chi connectivity index (χ0) is 16.3. The fraction of sp³-hybridized carbons (Fsp3) is 0.667. The Balaban J connectivity index is 1.93. The quantitative estimate of drug-likeness (QED) is 0.823. The van der Waals surface area contributed by atoms with Crippen molar-refractivity contribution in [3.63, 3.8) is 0 Å². The zero-order valence-electron chi connectivity index (χ0n) is 13.2. The minimum Gasteiger partial charge on any atom is -0.490 e. The number of ether oxygens (including phenoxy) is 1. The standard InChI is InChI=1S/C15H23NO5S/c1-11(2)10-22(18,19)16-6-4-13(5-7-16)21-14-8-12(3)20-15(17)9-14/h8-9,11,13H,4-7,10H2,1-3H3. The van der Waals surface area contributed by atoms with Gasteiger partial charge in [-0.3, -0.25) is 0 Å². The van der Waals surface area contributed by atoms with E-state index in [-0.39, 0.29) is 17.8 Å². The Labute approximate surface area is 131 Å². The first-order valence-electron chi connectivity index (χ1n) is 7.52. The fourth-order valence-corrected chi connectivity index (χ4v) is 4.41. The molecule has 0 aliphatic carbocycles. The molecule has 0 atom stereocenters. The Kier molecular flexibility index (Phi) is 5.28. The van der Waals surface area contributed by atoms with Gasteiger partial charge in [0, 0.05) is 19.2 Å². The molecule has 1 aromatic rings. The third-order valence-electron chi connectivity index (χ3n) is 3.51. The number of rotatable bonds is 5. The van der Waals surface area contributed by atoms with Crippen LogP contribution in [0.15, 0.2) is 21.3 Å². The molecule has 2 rings (SSSR count). The topological polar surface area (TPSA) is 76.8 Å². The molecule has 7 heteroatoms. The summed E-state index contributed by atoms with van der Waals surface area (Å²) in [5.74, 6) is 1.28. The van der Waals surface area contributed by atoms with E-state index in [4.69, 9.17) is 9.15 Å². The molecular formula is C15H23NO5S. The van der Waals surface area contributed by atoms with Crippen LogP contribution in [0.25, 0.3) is 0 Å². The Morgan fingerprint density at radius 1 is 1.32 bits per heavy atom. The summed E-state index contributed by atoms with van der Waals surface area (Å²) in [4.78, 5) is 11.3. The summed E-state index contributed by atoms with van der Waals surface area (Å²) in [5, 5.41) is 0. The van der Waals surface area contributed by atoms with Crippen molar-refractivity contribution >= 4 is 10.0 Å². The van der Waals surface area contributed by atoms with E-state index in [9.17, 15) is 13.2 Å². The van der Waals surface area contributed by atoms with Gasteiger partial charge in [0.25, 0.3) is 0 Å². The van der Waals surface area contributed by atoms with Gasteiger partial charge in [-0.05, 0) is 25.7 Å². The highest BCUT2D eigenvalue weighted by Crippen LogP contribution is 2.21. The third kappa shape index (κ3) is 4.58. The Morgan fingerprint density at radius 3 is 2.50 bits per heavy atom. The van der Waals surface area contributed by atoms with Crippen LogP contribution < -0.4 is 10.4 Å². The average Bonchev–Trinajstić information content (AvgIpc) is 2.36. The molecule has 124 valence electrons. The largest absolute Gasteiger partial charge is 0.490 e. The molecule has 0 N–H and O–H groups in total. The number of aryl methyl sites for hydroxylation is 1. The lowest BCUT2D eigenvalue weighted by molar-refractivity contribution is 0.134. The molecule has 1 saturated heterocycles. The van der Waals surface area contributed by atoms with E-state index in [0.29, 0.717) is 37.4 Å². The van der Waals surface area contributed by atoms with Gasteiger partial charge in [-0.15, -0.1) is 0 Å². The molecule has 6 nitrogen and oxygen atoms in total. The van der Waals surface area contributed by atoms with Crippen LogP contribution in [0, 0.1) is 12.8 Å². The van der Waals surface area contributed by atoms with Gasteiger partial charge >= 0.3 is 5.63 Å². The maximum absolute atomic E-state index is 12.2. The van der Waals surface area contributed by atoms with E-state index >= 15 is 0 Å². The second kappa shape index (κ2) is 6.83. The minimum atomic E-state index is -3.18. The first kappa shape index (κ1) is 17.0. The highest BCUT2D eigenvalue weighted by atomic mass is 32.2. The lowest BCUT2D eigenvalue weighted by Crippen LogP contribution is -2.43. The van der Waals surface area contributed by atoms with Crippen LogP contribution >= 0.6 is 0 Å². The summed E-state index contributed by atoms with van der Waals surface area (Å²) < 4.78 is 36.6. The molecule has 0 radical (unpaired) electrons. The van der Waals surface area contributed by atoms with E-state index in [2.05, 4.69) is 0 Å². The Bertz CT molecular complexity index is 657. The first-order chi connectivity index (χ1) is 10.3. The molecule has 1 aliphatic rings. The maximum Gasteiger partial charge on any atom is 0.339 e. The Hall–Kier alpha value is -1.34. The van der Waals surface area contributed by atoms with Crippen molar-refractivity contribution in [2.24, 2.45) is 5.92 Å². The molecule has 0 bridgehead atoms. The maximum atomic E-state index is 12.2. The predicted molar refractivity (Wildman–Crippen MR) is 83.6 cm³/mol. The van der Waals surface area contributed by atoms with Crippen LogP contribution in [-0.4, -0.2) is 37.7 Å². The molecule has 1 aromatic heterocycles. The van der Waals surface area contributed by atoms with Gasteiger partial charge < -0.3 is 9.15 Å². The van der Waals surface area contributed by atoms with Crippen LogP contribution in [0.2, 0.25) is 0 Å². The molecule has 0 spiro atoms. The number of hydrogen-bond donors (Lipinski definition) is 0. The monoisotopic (exact) mass is 329 g/mol. The summed E-state index contributed by atoms with van der Waals surface area (Å²) >= 11 is 0. The van der Waals surface area contributed by atoms with Crippen LogP contribution in [0.1, 0.15) is 32.4 Å². The number of nitrogens with zero attached hydrogens (tertiary/aromatic N) is 1. The van der Waals surface area contributed by atoms with Crippen molar-refractivity contribution in [2.45, 2.75) is 39.7 Å². The van der Waals surface area contributed by atoms with Crippen molar-refractivity contribution in [3.05, 3.63) is 28.3 Å². The first-order valence-corrected chi connectivity index (χ1v) is 9.13. The van der Waals surface area contributed by atoms with Crippen LogP contribution in [0.3, 0.4) is 0 Å². The van der Waals surface area contributed by atoms with Gasteiger partial charge in [-0.1, -0.05) is 13.8 Å². The molecular weight excluding hydrogens is 306 g/mol. The van der Waals surface area contributed by atoms with Gasteiger partial charge in [0.1, 0.15) is 17.6 Å². The molecule has 1 aliphatic heterocycles. The summed E-state index contributed by atoms with van der Waals surface area (Å²) in [7, 11) is -3.18. The molecule has 1 fully saturated rings. The lowest BCUT2D eigenvalue weighted by atomic mass is 10.1. The predicted octanol–water partition coefficient (Wildman–Crippen LogP) is 1.78. The molecule has 22 heavy (non-hydrogen) atoms. The molecule has 0 saturated carbocycles. The van der Waals surface area contributed by atoms with Crippen molar-refractivity contribution in [2.75, 3.05) is 18.8 Å². The van der Waals surface area contributed by atoms with Crippen LogP contribution in [0.5, 0.6) is 5.75 Å². The second-order valence-corrected chi connectivity index (χ2v) is 8.13. The van der Waals surface area contributed by atoms with E-state index in [1.807, 2.05) is 13.8 Å². The summed E-state index contributed by atoms with van der Waals surface area (Å²) in [5.41, 5.74) is -0.438. The smallest absolute Gasteiger partial charge is 0.339 e. The van der Waals surface area contributed by atoms with E-state index in [1.54, 1.807) is 13.0 Å². The lowest BCUT2D eigenvalue weighted by Gasteiger charge is -2.31. The van der Waals surface area contributed by atoms with E-state index in [0.717, 1.165) is 0 Å². The van der Waals surface area contributed by atoms with Crippen molar-refractivity contribution in [1.82, 2.24) is 4.31 Å². The van der Waals surface area contributed by atoms with Crippen molar-refractivity contribution in [3.8, 4) is 5.75 Å². The summed E-state index contributed by atoms with van der Waals surface area (Å²) in [6.07, 6.45) is 1.17. The molecule has 0 amide bonds. The number of piperidine rings is 1. The second-order valence-electron chi connectivity index (χ2n) is 6.11. The van der Waals surface area contributed by atoms with Crippen molar-refractivity contribution in [1.29, 1.82) is 0 Å². The van der Waals surface area contributed by atoms with Gasteiger partial charge in [0.05, 0.1) is 11.8 Å². The average molecular weight is 329 g/mol. The van der Waals surface area contributed by atoms with Gasteiger partial charge in [-0.25, -0.2) is 17.5 Å². The third-order valence-corrected chi connectivity index (χ3v) is 5.75. The van der Waals surface area contributed by atoms with Crippen LogP contribution in [-0.2, 0) is 10.0 Å².